The van der Waals surface area contributed by atoms with E-state index in [0.29, 0.717) is 4.20 Å². The van der Waals surface area contributed by atoms with Gasteiger partial charge in [-0.1, -0.05) is 26.6 Å². The van der Waals surface area contributed by atoms with Crippen molar-refractivity contribution < 1.29 is 19.8 Å². The Morgan fingerprint density at radius 2 is 1.94 bits per heavy atom. The molecule has 0 bridgehead atoms. The lowest BCUT2D eigenvalue weighted by molar-refractivity contribution is -0.142. The molecule has 4 nitrogen and oxygen atoms in total. The van der Waals surface area contributed by atoms with Crippen LogP contribution in [0.25, 0.3) is 0 Å². The van der Waals surface area contributed by atoms with E-state index in [4.69, 9.17) is 22.4 Å². The maximum absolute atomic E-state index is 10.8. The van der Waals surface area contributed by atoms with Gasteiger partial charge in [-0.15, -0.1) is 11.8 Å². The summed E-state index contributed by atoms with van der Waals surface area (Å²) in [6, 6.07) is 0. The second-order valence-electron chi connectivity index (χ2n) is 2.98. The molecule has 0 aliphatic carbocycles. The van der Waals surface area contributed by atoms with Crippen molar-refractivity contribution in [3.05, 3.63) is 0 Å². The van der Waals surface area contributed by atoms with Gasteiger partial charge in [-0.25, -0.2) is 0 Å². The van der Waals surface area contributed by atoms with E-state index in [-0.39, 0.29) is 26.7 Å². The minimum atomic E-state index is -0.977. The highest BCUT2D eigenvalue weighted by molar-refractivity contribution is 8.23. The third kappa shape index (κ3) is 8.67. The Bertz CT molecular complexity index is 253. The van der Waals surface area contributed by atoms with Crippen molar-refractivity contribution in [1.82, 2.24) is 0 Å². The molecular formula is C10H18O4S2. The first kappa shape index (κ1) is 17.8. The van der Waals surface area contributed by atoms with Gasteiger partial charge in [0.2, 0.25) is 0 Å². The van der Waals surface area contributed by atoms with Crippen molar-refractivity contribution in [2.45, 2.75) is 33.6 Å². The summed E-state index contributed by atoms with van der Waals surface area (Å²) < 4.78 is 0.635. The zero-order valence-electron chi connectivity index (χ0n) is 8.43. The van der Waals surface area contributed by atoms with Crippen LogP contribution in [0, 0.1) is 5.92 Å². The highest BCUT2D eigenvalue weighted by atomic mass is 32.2. The Balaban J connectivity index is 0. The Morgan fingerprint density at radius 1 is 1.38 bits per heavy atom. The monoisotopic (exact) mass is 266 g/mol. The van der Waals surface area contributed by atoms with Gasteiger partial charge in [-0.05, 0) is 12.2 Å². The molecule has 16 heavy (non-hydrogen) atoms. The van der Waals surface area contributed by atoms with Crippen LogP contribution in [0.3, 0.4) is 0 Å². The molecule has 6 heteroatoms. The minimum absolute atomic E-state index is 0. The number of carboxylic acid groups (broad SMARTS) is 2. The molecule has 0 saturated carbocycles. The number of carbonyl (C=O) groups is 2. The number of rotatable bonds is 7. The predicted octanol–water partition coefficient (Wildman–Crippen LogP) is 2.66. The number of thioether (sulfide) groups is 1. The van der Waals surface area contributed by atoms with Crippen LogP contribution >= 0.6 is 24.0 Å². The van der Waals surface area contributed by atoms with Crippen molar-refractivity contribution in [2.75, 3.05) is 5.75 Å². The maximum atomic E-state index is 10.8. The first-order valence-corrected chi connectivity index (χ1v) is 5.97. The fraction of sp³-hybridized carbons (Fsp3) is 0.700. The van der Waals surface area contributed by atoms with E-state index in [1.54, 1.807) is 0 Å². The Labute approximate surface area is 105 Å². The van der Waals surface area contributed by atoms with Crippen molar-refractivity contribution in [1.29, 1.82) is 0 Å². The SMILES string of the molecule is C.CCSC(=S)CC(CCC(=O)O)C(=O)O. The van der Waals surface area contributed by atoms with Crippen LogP contribution in [-0.4, -0.2) is 32.1 Å². The largest absolute Gasteiger partial charge is 0.481 e. The summed E-state index contributed by atoms with van der Waals surface area (Å²) >= 11 is 6.41. The molecule has 1 atom stereocenters. The topological polar surface area (TPSA) is 74.6 Å². The molecule has 1 unspecified atom stereocenters. The van der Waals surface area contributed by atoms with Gasteiger partial charge in [0.05, 0.1) is 5.92 Å². The Hall–Kier alpha value is -0.620. The van der Waals surface area contributed by atoms with Gasteiger partial charge >= 0.3 is 11.9 Å². The molecule has 0 aromatic rings. The van der Waals surface area contributed by atoms with E-state index in [2.05, 4.69) is 0 Å². The molecule has 0 radical (unpaired) electrons. The molecule has 0 fully saturated rings. The second kappa shape index (κ2) is 9.59. The molecule has 0 rings (SSSR count). The van der Waals surface area contributed by atoms with Crippen molar-refractivity contribution in [2.24, 2.45) is 5.92 Å². The van der Waals surface area contributed by atoms with Crippen LogP contribution in [0.4, 0.5) is 0 Å². The van der Waals surface area contributed by atoms with Gasteiger partial charge in [0.15, 0.2) is 0 Å². The standard InChI is InChI=1S/C9H14O4S2.CH4/c1-2-15-8(14)5-6(9(12)13)3-4-7(10)11;/h6H,2-5H2,1H3,(H,10,11)(H,12,13);1H4. The zero-order chi connectivity index (χ0) is 11.8. The fourth-order valence-electron chi connectivity index (χ4n) is 1.03. The van der Waals surface area contributed by atoms with E-state index in [1.165, 1.54) is 11.8 Å². The van der Waals surface area contributed by atoms with Crippen LogP contribution in [0.2, 0.25) is 0 Å². The molecule has 0 amide bonds. The number of carboxylic acids is 2. The molecule has 0 heterocycles. The van der Waals surface area contributed by atoms with Crippen molar-refractivity contribution in [3.63, 3.8) is 0 Å². The highest BCUT2D eigenvalue weighted by Crippen LogP contribution is 2.18. The fourth-order valence-corrected chi connectivity index (χ4v) is 2.23. The van der Waals surface area contributed by atoms with E-state index in [0.717, 1.165) is 5.75 Å². The van der Waals surface area contributed by atoms with Gasteiger partial charge in [-0.2, -0.15) is 0 Å². The third-order valence-corrected chi connectivity index (χ3v) is 3.07. The number of hydrogen-bond acceptors (Lipinski definition) is 4. The van der Waals surface area contributed by atoms with Gasteiger partial charge < -0.3 is 10.2 Å². The summed E-state index contributed by atoms with van der Waals surface area (Å²) in [5, 5.41) is 17.3. The first-order chi connectivity index (χ1) is 6.97. The lowest BCUT2D eigenvalue weighted by atomic mass is 10.0. The Morgan fingerprint density at radius 3 is 2.31 bits per heavy atom. The second-order valence-corrected chi connectivity index (χ2v) is 5.09. The Kier molecular flexibility index (Phi) is 10.7. The summed E-state index contributed by atoms with van der Waals surface area (Å²) in [4.78, 5) is 21.1. The zero-order valence-corrected chi connectivity index (χ0v) is 10.1. The van der Waals surface area contributed by atoms with E-state index in [1.807, 2.05) is 6.92 Å². The number of aliphatic carboxylic acids is 2. The predicted molar refractivity (Wildman–Crippen MR) is 70.1 cm³/mol. The molecule has 0 aromatic heterocycles. The molecule has 0 aromatic carbocycles. The maximum Gasteiger partial charge on any atom is 0.306 e. The van der Waals surface area contributed by atoms with E-state index >= 15 is 0 Å². The quantitative estimate of drug-likeness (QED) is 0.690. The van der Waals surface area contributed by atoms with Gasteiger partial charge in [0.25, 0.3) is 0 Å². The molecule has 94 valence electrons. The van der Waals surface area contributed by atoms with E-state index < -0.39 is 17.9 Å². The summed E-state index contributed by atoms with van der Waals surface area (Å²) in [5.74, 6) is -1.82. The average Bonchev–Trinajstić information content (AvgIpc) is 2.11. The molecule has 0 spiro atoms. The summed E-state index contributed by atoms with van der Waals surface area (Å²) in [7, 11) is 0. The summed E-state index contributed by atoms with van der Waals surface area (Å²) in [6.07, 6.45) is 0.280. The van der Waals surface area contributed by atoms with Gasteiger partial charge in [-0.3, -0.25) is 9.59 Å². The molecular weight excluding hydrogens is 248 g/mol. The van der Waals surface area contributed by atoms with Gasteiger partial charge in [0.1, 0.15) is 0 Å². The molecule has 0 aliphatic rings. The normalized spacial score (nSPS) is 11.3. The number of hydrogen-bond donors (Lipinski definition) is 2. The summed E-state index contributed by atoms with van der Waals surface area (Å²) in [6.45, 7) is 1.93. The van der Waals surface area contributed by atoms with Crippen LogP contribution in [0.15, 0.2) is 0 Å². The smallest absolute Gasteiger partial charge is 0.306 e. The average molecular weight is 266 g/mol. The molecule has 0 aliphatic heterocycles. The highest BCUT2D eigenvalue weighted by Gasteiger charge is 2.20. The first-order valence-electron chi connectivity index (χ1n) is 4.57. The van der Waals surface area contributed by atoms with Crippen molar-refractivity contribution in [3.8, 4) is 0 Å². The van der Waals surface area contributed by atoms with Crippen molar-refractivity contribution >= 4 is 40.1 Å². The van der Waals surface area contributed by atoms with Crippen LogP contribution in [0.5, 0.6) is 0 Å². The minimum Gasteiger partial charge on any atom is -0.481 e. The van der Waals surface area contributed by atoms with Crippen LogP contribution in [-0.2, 0) is 9.59 Å². The molecule has 0 saturated heterocycles. The van der Waals surface area contributed by atoms with E-state index in [9.17, 15) is 9.59 Å². The van der Waals surface area contributed by atoms with Crippen LogP contribution < -0.4 is 0 Å². The lowest BCUT2D eigenvalue weighted by Gasteiger charge is -2.10. The summed E-state index contributed by atoms with van der Waals surface area (Å²) in [5.41, 5.74) is 0. The lowest BCUT2D eigenvalue weighted by Crippen LogP contribution is -2.17. The number of thiocarbonyl (C=S) groups is 1. The molecule has 2 N–H and O–H groups in total. The van der Waals surface area contributed by atoms with Gasteiger partial charge in [0, 0.05) is 17.0 Å². The third-order valence-electron chi connectivity index (χ3n) is 1.77. The van der Waals surface area contributed by atoms with Crippen LogP contribution in [0.1, 0.15) is 33.6 Å².